The smallest absolute Gasteiger partial charge is 0.289 e. The zero-order valence-electron chi connectivity index (χ0n) is 30.7. The Labute approximate surface area is 311 Å². The van der Waals surface area contributed by atoms with E-state index in [1.165, 1.54) is 11.3 Å². The highest BCUT2D eigenvalue weighted by Crippen LogP contribution is 2.40. The Morgan fingerprint density at radius 2 is 1.73 bits per heavy atom. The van der Waals surface area contributed by atoms with Crippen molar-refractivity contribution in [1.29, 1.82) is 0 Å². The van der Waals surface area contributed by atoms with Crippen LogP contribution in [-0.2, 0) is 35.4 Å². The number of hydrogen-bond acceptors (Lipinski definition) is 7. The lowest BCUT2D eigenvalue weighted by Gasteiger charge is -2.36. The van der Waals surface area contributed by atoms with E-state index in [9.17, 15) is 24.0 Å². The van der Waals surface area contributed by atoms with Crippen molar-refractivity contribution in [3.05, 3.63) is 70.7 Å². The summed E-state index contributed by atoms with van der Waals surface area (Å²) in [6.07, 6.45) is 6.87. The molecule has 5 rings (SSSR count). The molecule has 52 heavy (non-hydrogen) atoms. The summed E-state index contributed by atoms with van der Waals surface area (Å²) in [6.45, 7) is 7.71. The van der Waals surface area contributed by atoms with Crippen LogP contribution >= 0.6 is 11.6 Å². The van der Waals surface area contributed by atoms with Crippen LogP contribution in [0.5, 0.6) is 0 Å². The van der Waals surface area contributed by atoms with E-state index < -0.39 is 52.6 Å². The summed E-state index contributed by atoms with van der Waals surface area (Å²) in [4.78, 5) is 76.2. The molecule has 2 aliphatic heterocycles. The fourth-order valence-corrected chi connectivity index (χ4v) is 7.68. The highest BCUT2D eigenvalue weighted by atomic mass is 35.5. The summed E-state index contributed by atoms with van der Waals surface area (Å²) in [6, 6.07) is 13.4. The number of rotatable bonds is 13. The molecule has 1 unspecified atom stereocenters. The molecule has 12 heteroatoms. The average molecular weight is 734 g/mol. The molecule has 1 aliphatic carbocycles. The van der Waals surface area contributed by atoms with E-state index in [0.29, 0.717) is 30.0 Å². The van der Waals surface area contributed by atoms with E-state index in [1.807, 2.05) is 70.2 Å². The van der Waals surface area contributed by atoms with E-state index in [0.717, 1.165) is 36.8 Å². The van der Waals surface area contributed by atoms with Crippen molar-refractivity contribution in [2.24, 2.45) is 16.5 Å². The predicted octanol–water partition coefficient (Wildman–Crippen LogP) is 5.48. The summed E-state index contributed by atoms with van der Waals surface area (Å²) < 4.78 is 0. The predicted molar refractivity (Wildman–Crippen MR) is 199 cm³/mol. The normalized spacial score (nSPS) is 21.5. The van der Waals surface area contributed by atoms with E-state index in [1.54, 1.807) is 12.1 Å². The van der Waals surface area contributed by atoms with Crippen molar-refractivity contribution in [3.8, 4) is 0 Å². The van der Waals surface area contributed by atoms with Gasteiger partial charge in [0.1, 0.15) is 12.1 Å². The number of likely N-dealkylation sites (tertiary alicyclic amines) is 1. The first-order chi connectivity index (χ1) is 24.8. The van der Waals surface area contributed by atoms with Gasteiger partial charge in [-0.15, -0.1) is 0 Å². The molecular formula is C40H52ClN5O6. The molecule has 3 aliphatic rings. The summed E-state index contributed by atoms with van der Waals surface area (Å²) >= 11 is 6.27. The van der Waals surface area contributed by atoms with Gasteiger partial charge in [-0.05, 0) is 48.3 Å². The van der Waals surface area contributed by atoms with Crippen LogP contribution in [0, 0.1) is 11.3 Å². The number of oxime groups is 1. The number of benzene rings is 2. The van der Waals surface area contributed by atoms with Gasteiger partial charge in [0.05, 0.1) is 18.3 Å². The van der Waals surface area contributed by atoms with Gasteiger partial charge in [-0.25, -0.2) is 0 Å². The largest absolute Gasteiger partial charge is 0.387 e. The molecule has 4 atom stereocenters. The van der Waals surface area contributed by atoms with Crippen molar-refractivity contribution < 1.29 is 28.8 Å². The van der Waals surface area contributed by atoms with Crippen LogP contribution in [0.2, 0.25) is 5.02 Å². The maximum atomic E-state index is 14.6. The minimum Gasteiger partial charge on any atom is -0.387 e. The number of carbonyl (C=O) groups is 5. The Hall–Kier alpha value is -4.25. The topological polar surface area (TPSA) is 146 Å². The van der Waals surface area contributed by atoms with Gasteiger partial charge < -0.3 is 25.7 Å². The molecule has 280 valence electrons. The molecule has 2 heterocycles. The van der Waals surface area contributed by atoms with Crippen LogP contribution in [-0.4, -0.2) is 70.3 Å². The number of ketones is 1. The number of nitrogens with one attached hydrogen (secondary N) is 3. The number of Topliss-reactive ketones (excluding diaryl/α,β-unsaturated/α-hetero) is 1. The Kier molecular flexibility index (Phi) is 12.8. The van der Waals surface area contributed by atoms with E-state index in [2.05, 4.69) is 21.1 Å². The Balaban J connectivity index is 1.36. The first-order valence-electron chi connectivity index (χ1n) is 18.6. The van der Waals surface area contributed by atoms with Gasteiger partial charge in [-0.1, -0.05) is 113 Å². The second-order valence-corrected chi connectivity index (χ2v) is 16.1. The fourth-order valence-electron chi connectivity index (χ4n) is 7.49. The molecule has 4 amide bonds. The first kappa shape index (κ1) is 39.0. The van der Waals surface area contributed by atoms with Crippen molar-refractivity contribution in [2.45, 2.75) is 122 Å². The molecule has 0 radical (unpaired) electrons. The quantitative estimate of drug-likeness (QED) is 0.233. The highest BCUT2D eigenvalue weighted by molar-refractivity contribution is 6.38. The minimum absolute atomic E-state index is 0.0342. The van der Waals surface area contributed by atoms with Gasteiger partial charge in [0.15, 0.2) is 5.60 Å². The number of amides is 4. The van der Waals surface area contributed by atoms with E-state index in [-0.39, 0.29) is 37.8 Å². The Morgan fingerprint density at radius 1 is 1.00 bits per heavy atom. The first-order valence-corrected chi connectivity index (χ1v) is 18.9. The summed E-state index contributed by atoms with van der Waals surface area (Å²) in [7, 11) is 0. The third-order valence-electron chi connectivity index (χ3n) is 10.3. The zero-order chi connectivity index (χ0) is 37.5. The van der Waals surface area contributed by atoms with Gasteiger partial charge >= 0.3 is 0 Å². The fraction of sp³-hybridized carbons (Fsp3) is 0.550. The Morgan fingerprint density at radius 3 is 2.40 bits per heavy atom. The standard InChI is InChI=1S/C40H52ClN5O6/c1-5-13-30(34(48)37(50)42-24-27-16-10-7-11-17-27)43-36(49)32-23-40(22-31(45-52-40)28-18-12-19-29(41)21-28)25-46(32)38(51)35(39(2,3)4)44-33(47)20-26-14-8-6-9-15-26/h7,10-12,16-19,21,26,30,32,35H,5-6,8-9,13-15,20,22-25H2,1-4H3,(H,42,50)(H,43,49)(H,44,47)/t30-,32-,35+,40?/m0/s1. The number of nitrogens with zero attached hydrogens (tertiary/aromatic N) is 2. The lowest BCUT2D eigenvalue weighted by molar-refractivity contribution is -0.145. The molecule has 2 aromatic carbocycles. The van der Waals surface area contributed by atoms with Crippen molar-refractivity contribution in [1.82, 2.24) is 20.9 Å². The van der Waals surface area contributed by atoms with Gasteiger partial charge in [0.2, 0.25) is 23.5 Å². The van der Waals surface area contributed by atoms with Crippen LogP contribution in [0.25, 0.3) is 0 Å². The SMILES string of the molecule is CCC[C@H](NC(=O)[C@@H]1CC2(CC(c3cccc(Cl)c3)=NO2)CN1C(=O)[C@@H](NC(=O)CC1CCCCC1)C(C)(C)C)C(=O)C(=O)NCc1ccccc1. The van der Waals surface area contributed by atoms with Crippen molar-refractivity contribution in [3.63, 3.8) is 0 Å². The summed E-state index contributed by atoms with van der Waals surface area (Å²) in [5.41, 5.74) is 0.528. The third-order valence-corrected chi connectivity index (χ3v) is 10.6. The molecule has 1 saturated carbocycles. The molecule has 0 aromatic heterocycles. The van der Waals surface area contributed by atoms with Gasteiger partial charge in [-0.3, -0.25) is 24.0 Å². The van der Waals surface area contributed by atoms with Crippen LogP contribution < -0.4 is 16.0 Å². The number of carbonyl (C=O) groups excluding carboxylic acids is 5. The zero-order valence-corrected chi connectivity index (χ0v) is 31.5. The summed E-state index contributed by atoms with van der Waals surface area (Å²) in [5, 5.41) is 13.4. The van der Waals surface area contributed by atoms with Gasteiger partial charge in [-0.2, -0.15) is 0 Å². The maximum absolute atomic E-state index is 14.6. The number of halogens is 1. The van der Waals surface area contributed by atoms with Gasteiger partial charge in [0.25, 0.3) is 5.91 Å². The highest BCUT2D eigenvalue weighted by Gasteiger charge is 2.55. The van der Waals surface area contributed by atoms with E-state index >= 15 is 0 Å². The monoisotopic (exact) mass is 733 g/mol. The van der Waals surface area contributed by atoms with Crippen LogP contribution in [0.4, 0.5) is 0 Å². The number of hydrogen-bond donors (Lipinski definition) is 3. The van der Waals surface area contributed by atoms with Gasteiger partial charge in [0, 0.05) is 36.4 Å². The lowest BCUT2D eigenvalue weighted by Crippen LogP contribution is -2.59. The molecule has 11 nitrogen and oxygen atoms in total. The molecule has 1 saturated heterocycles. The average Bonchev–Trinajstić information content (AvgIpc) is 3.72. The van der Waals surface area contributed by atoms with Crippen LogP contribution in [0.3, 0.4) is 0 Å². The molecule has 0 bridgehead atoms. The molecular weight excluding hydrogens is 682 g/mol. The Bertz CT molecular complexity index is 1650. The second kappa shape index (κ2) is 17.1. The van der Waals surface area contributed by atoms with Crippen molar-refractivity contribution in [2.75, 3.05) is 6.54 Å². The lowest BCUT2D eigenvalue weighted by atomic mass is 9.84. The van der Waals surface area contributed by atoms with Crippen LogP contribution in [0.1, 0.15) is 103 Å². The third kappa shape index (κ3) is 9.79. The van der Waals surface area contributed by atoms with Crippen LogP contribution in [0.15, 0.2) is 59.8 Å². The molecule has 2 aromatic rings. The van der Waals surface area contributed by atoms with Crippen molar-refractivity contribution >= 4 is 46.7 Å². The van der Waals surface area contributed by atoms with E-state index in [4.69, 9.17) is 16.4 Å². The minimum atomic E-state index is -1.10. The molecule has 3 N–H and O–H groups in total. The second-order valence-electron chi connectivity index (χ2n) is 15.6. The molecule has 2 fully saturated rings. The summed E-state index contributed by atoms with van der Waals surface area (Å²) in [5.74, 6) is -2.46. The molecule has 1 spiro atoms. The maximum Gasteiger partial charge on any atom is 0.289 e.